The first-order chi connectivity index (χ1) is 29.1. The van der Waals surface area contributed by atoms with Gasteiger partial charge in [0.15, 0.2) is 6.10 Å². The van der Waals surface area contributed by atoms with Gasteiger partial charge in [-0.1, -0.05) is 179 Å². The monoisotopic (exact) mass is 846 g/mol. The largest absolute Gasteiger partial charge is 0.544 e. The van der Waals surface area contributed by atoms with Crippen molar-refractivity contribution in [1.29, 1.82) is 0 Å². The predicted molar refractivity (Wildman–Crippen MR) is 250 cm³/mol. The first kappa shape index (κ1) is 57.5. The third kappa shape index (κ3) is 40.9. The number of nitrogens with zero attached hydrogens (tertiary/aromatic N) is 1. The highest BCUT2D eigenvalue weighted by Gasteiger charge is 2.25. The molecular formula is C52H95NO7. The first-order valence-electron chi connectivity index (χ1n) is 25.0. The Kier molecular flexibility index (Phi) is 41.4. The summed E-state index contributed by atoms with van der Waals surface area (Å²) in [5, 5.41) is 11.6. The zero-order chi connectivity index (χ0) is 44.2. The second-order valence-electron chi connectivity index (χ2n) is 18.0. The van der Waals surface area contributed by atoms with E-state index in [2.05, 4.69) is 50.3 Å². The van der Waals surface area contributed by atoms with Gasteiger partial charge in [0.25, 0.3) is 0 Å². The lowest BCUT2D eigenvalue weighted by Gasteiger charge is -2.34. The molecule has 0 aromatic heterocycles. The van der Waals surface area contributed by atoms with Crippen molar-refractivity contribution in [3.63, 3.8) is 0 Å². The first-order valence-corrected chi connectivity index (χ1v) is 25.0. The van der Waals surface area contributed by atoms with Gasteiger partial charge in [0.2, 0.25) is 0 Å². The fourth-order valence-electron chi connectivity index (χ4n) is 7.40. The number of rotatable bonds is 45. The lowest BCUT2D eigenvalue weighted by molar-refractivity contribution is -0.889. The number of hydrogen-bond acceptors (Lipinski definition) is 7. The van der Waals surface area contributed by atoms with Crippen molar-refractivity contribution in [2.75, 3.05) is 41.0 Å². The van der Waals surface area contributed by atoms with Gasteiger partial charge in [-0.25, -0.2) is 0 Å². The summed E-state index contributed by atoms with van der Waals surface area (Å²) in [6, 6.07) is -0.725. The van der Waals surface area contributed by atoms with Crippen LogP contribution in [0.2, 0.25) is 0 Å². The number of esters is 2. The van der Waals surface area contributed by atoms with Crippen LogP contribution in [0, 0.1) is 0 Å². The number of carbonyl (C=O) groups excluding carboxylic acids is 3. The molecule has 0 aliphatic heterocycles. The van der Waals surface area contributed by atoms with Crippen LogP contribution in [0.15, 0.2) is 36.5 Å². The standard InChI is InChI=1S/C52H95NO7/c1-6-8-10-12-14-16-18-20-22-23-24-25-26-27-29-30-32-34-36-38-40-42-50(54)59-47-48(46-58-45-44-49(52(56)57)53(3,4)5)60-51(55)43-41-39-37-35-33-31-28-21-19-17-15-13-11-9-7-2/h8,10,14,16-17,19,48-49H,6-7,9,11-13,15,18,20-47H2,1-5H3/b10-8+,16-14+,19-17+. The summed E-state index contributed by atoms with van der Waals surface area (Å²) in [7, 11) is 5.42. The average Bonchev–Trinajstić information content (AvgIpc) is 3.21. The molecule has 0 aliphatic rings. The maximum Gasteiger partial charge on any atom is 0.306 e. The summed E-state index contributed by atoms with van der Waals surface area (Å²) in [6.07, 6.45) is 50.3. The Balaban J connectivity index is 4.21. The molecule has 0 aromatic rings. The van der Waals surface area contributed by atoms with Gasteiger partial charge in [0, 0.05) is 19.3 Å². The Morgan fingerprint density at radius 3 is 1.38 bits per heavy atom. The van der Waals surface area contributed by atoms with E-state index in [1.54, 1.807) is 21.1 Å². The van der Waals surface area contributed by atoms with E-state index in [9.17, 15) is 19.5 Å². The molecule has 0 rings (SSSR count). The molecule has 0 bridgehead atoms. The molecule has 8 nitrogen and oxygen atoms in total. The molecule has 350 valence electrons. The molecule has 60 heavy (non-hydrogen) atoms. The number of carboxylic acids is 1. The van der Waals surface area contributed by atoms with Gasteiger partial charge in [-0.05, 0) is 64.2 Å². The van der Waals surface area contributed by atoms with Gasteiger partial charge in [0.05, 0.1) is 40.3 Å². The molecule has 0 amide bonds. The Labute approximate surface area is 370 Å². The maximum absolute atomic E-state index is 12.8. The van der Waals surface area contributed by atoms with Crippen LogP contribution < -0.4 is 5.11 Å². The van der Waals surface area contributed by atoms with E-state index in [0.29, 0.717) is 12.8 Å². The molecule has 8 heteroatoms. The van der Waals surface area contributed by atoms with E-state index in [1.165, 1.54) is 141 Å². The van der Waals surface area contributed by atoms with Gasteiger partial charge < -0.3 is 28.6 Å². The molecule has 0 aliphatic carbocycles. The van der Waals surface area contributed by atoms with E-state index < -0.39 is 18.1 Å². The lowest BCUT2D eigenvalue weighted by atomic mass is 10.0. The summed E-state index contributed by atoms with van der Waals surface area (Å²) >= 11 is 0. The van der Waals surface area contributed by atoms with Crippen molar-refractivity contribution in [2.45, 2.75) is 238 Å². The second kappa shape index (κ2) is 43.2. The quantitative estimate of drug-likeness (QED) is 0.0260. The van der Waals surface area contributed by atoms with Crippen LogP contribution in [0.25, 0.3) is 0 Å². The molecule has 2 unspecified atom stereocenters. The van der Waals surface area contributed by atoms with Gasteiger partial charge >= 0.3 is 11.9 Å². The zero-order valence-corrected chi connectivity index (χ0v) is 39.9. The zero-order valence-electron chi connectivity index (χ0n) is 39.9. The van der Waals surface area contributed by atoms with Crippen LogP contribution in [0.5, 0.6) is 0 Å². The van der Waals surface area contributed by atoms with Crippen LogP contribution in [0.1, 0.15) is 226 Å². The molecule has 0 aromatic carbocycles. The second-order valence-corrected chi connectivity index (χ2v) is 18.0. The predicted octanol–water partition coefficient (Wildman–Crippen LogP) is 12.9. The number of carbonyl (C=O) groups is 3. The van der Waals surface area contributed by atoms with Crippen LogP contribution in [0.4, 0.5) is 0 Å². The molecule has 0 saturated carbocycles. The van der Waals surface area contributed by atoms with Crippen molar-refractivity contribution in [3.05, 3.63) is 36.5 Å². The Bertz CT molecular complexity index is 1080. The van der Waals surface area contributed by atoms with E-state index >= 15 is 0 Å². The number of aliphatic carboxylic acids is 1. The van der Waals surface area contributed by atoms with E-state index in [-0.39, 0.29) is 42.7 Å². The summed E-state index contributed by atoms with van der Waals surface area (Å²) in [4.78, 5) is 37.0. The van der Waals surface area contributed by atoms with Gasteiger partial charge in [-0.15, -0.1) is 0 Å². The Hall–Kier alpha value is -2.45. The van der Waals surface area contributed by atoms with Gasteiger partial charge in [-0.2, -0.15) is 0 Å². The van der Waals surface area contributed by atoms with E-state index in [0.717, 1.165) is 51.4 Å². The maximum atomic E-state index is 12.8. The minimum absolute atomic E-state index is 0.0415. The highest BCUT2D eigenvalue weighted by molar-refractivity contribution is 5.70. The van der Waals surface area contributed by atoms with Gasteiger partial charge in [-0.3, -0.25) is 9.59 Å². The van der Waals surface area contributed by atoms with Crippen molar-refractivity contribution in [2.24, 2.45) is 0 Å². The number of carboxylic acid groups (broad SMARTS) is 1. The SMILES string of the molecule is CC/C=C/C/C=C/CCCCCCCCCCCCCCCCC(=O)OCC(COCCC(C(=O)[O-])[N+](C)(C)C)OC(=O)CCCCCCCCC/C=C/CCCCCC. The molecule has 0 spiro atoms. The fourth-order valence-corrected chi connectivity index (χ4v) is 7.40. The summed E-state index contributed by atoms with van der Waals surface area (Å²) in [5.74, 6) is -1.73. The minimum Gasteiger partial charge on any atom is -0.544 e. The smallest absolute Gasteiger partial charge is 0.306 e. The summed E-state index contributed by atoms with van der Waals surface area (Å²) < 4.78 is 17.2. The highest BCUT2D eigenvalue weighted by Crippen LogP contribution is 2.16. The number of likely N-dealkylation sites (N-methyl/N-ethyl adjacent to an activating group) is 1. The molecule has 0 heterocycles. The molecule has 0 radical (unpaired) electrons. The number of unbranched alkanes of at least 4 members (excludes halogenated alkanes) is 25. The molecule has 0 saturated heterocycles. The Morgan fingerprint density at radius 1 is 0.517 bits per heavy atom. The Morgan fingerprint density at radius 2 is 0.933 bits per heavy atom. The van der Waals surface area contributed by atoms with Crippen molar-refractivity contribution < 1.29 is 38.2 Å². The van der Waals surface area contributed by atoms with Crippen LogP contribution >= 0.6 is 0 Å². The number of allylic oxidation sites excluding steroid dienone is 6. The minimum atomic E-state index is -1.12. The average molecular weight is 846 g/mol. The van der Waals surface area contributed by atoms with Crippen LogP contribution in [-0.2, 0) is 28.6 Å². The molecule has 0 fully saturated rings. The molecule has 2 atom stereocenters. The topological polar surface area (TPSA) is 102 Å². The van der Waals surface area contributed by atoms with E-state index in [4.69, 9.17) is 14.2 Å². The van der Waals surface area contributed by atoms with Crippen molar-refractivity contribution in [1.82, 2.24) is 0 Å². The number of hydrogen-bond donors (Lipinski definition) is 0. The van der Waals surface area contributed by atoms with Crippen LogP contribution in [-0.4, -0.2) is 75.5 Å². The third-order valence-corrected chi connectivity index (χ3v) is 11.3. The van der Waals surface area contributed by atoms with Crippen molar-refractivity contribution in [3.8, 4) is 0 Å². The number of ether oxygens (including phenoxy) is 3. The molecular weight excluding hydrogens is 751 g/mol. The molecule has 0 N–H and O–H groups in total. The normalized spacial score (nSPS) is 13.2. The lowest BCUT2D eigenvalue weighted by Crippen LogP contribution is -2.55. The van der Waals surface area contributed by atoms with Crippen LogP contribution in [0.3, 0.4) is 0 Å². The van der Waals surface area contributed by atoms with Crippen molar-refractivity contribution >= 4 is 17.9 Å². The summed E-state index contributed by atoms with van der Waals surface area (Å²) in [5.41, 5.74) is 0. The van der Waals surface area contributed by atoms with Gasteiger partial charge in [0.1, 0.15) is 12.6 Å². The summed E-state index contributed by atoms with van der Waals surface area (Å²) in [6.45, 7) is 4.57. The number of quaternary nitrogens is 1. The van der Waals surface area contributed by atoms with E-state index in [1.807, 2.05) is 0 Å². The third-order valence-electron chi connectivity index (χ3n) is 11.3. The fraction of sp³-hybridized carbons (Fsp3) is 0.827. The highest BCUT2D eigenvalue weighted by atomic mass is 16.6.